The number of ether oxygens (including phenoxy) is 2. The van der Waals surface area contributed by atoms with Crippen molar-refractivity contribution in [1.82, 2.24) is 0 Å². The summed E-state index contributed by atoms with van der Waals surface area (Å²) in [5.74, 6) is -0.810. The van der Waals surface area contributed by atoms with Crippen LogP contribution in [-0.4, -0.2) is 74.9 Å². The van der Waals surface area contributed by atoms with Crippen molar-refractivity contribution >= 4 is 19.8 Å². The van der Waals surface area contributed by atoms with Crippen LogP contribution in [0.5, 0.6) is 0 Å². The molecule has 0 aliphatic carbocycles. The minimum absolute atomic E-state index is 0.0271. The highest BCUT2D eigenvalue weighted by atomic mass is 31.2. The van der Waals surface area contributed by atoms with E-state index >= 15 is 0 Å². The van der Waals surface area contributed by atoms with Gasteiger partial charge in [0.1, 0.15) is 19.8 Å². The Morgan fingerprint density at radius 2 is 0.750 bits per heavy atom. The number of hydrogen-bond acceptors (Lipinski definition) is 7. The molecule has 0 fully saturated rings. The fourth-order valence-electron chi connectivity index (χ4n) is 8.34. The average Bonchev–Trinajstić information content (AvgIpc) is 3.38. The molecule has 0 aromatic heterocycles. The lowest BCUT2D eigenvalue weighted by Gasteiger charge is -2.24. The highest BCUT2D eigenvalue weighted by Crippen LogP contribution is 2.43. The van der Waals surface area contributed by atoms with E-state index in [0.717, 1.165) is 96.3 Å². The molecule has 0 bridgehead atoms. The fraction of sp³-hybridized carbons (Fsp3) is 0.727. The van der Waals surface area contributed by atoms with Crippen LogP contribution in [0.25, 0.3) is 0 Å². The summed E-state index contributed by atoms with van der Waals surface area (Å²) >= 11 is 0. The lowest BCUT2D eigenvalue weighted by atomic mass is 10.0. The number of allylic oxidation sites excluding steroid dienone is 16. The molecule has 0 aromatic carbocycles. The molecule has 1 N–H and O–H groups in total. The number of nitrogens with zero attached hydrogens (tertiary/aromatic N) is 1. The van der Waals surface area contributed by atoms with Gasteiger partial charge in [0, 0.05) is 12.8 Å². The van der Waals surface area contributed by atoms with Crippen molar-refractivity contribution < 1.29 is 42.1 Å². The molecule has 0 saturated carbocycles. The zero-order chi connectivity index (χ0) is 55.6. The van der Waals surface area contributed by atoms with E-state index in [2.05, 4.69) is 111 Å². The Hall–Kier alpha value is -3.07. The van der Waals surface area contributed by atoms with E-state index in [-0.39, 0.29) is 32.0 Å². The number of likely N-dealkylation sites (N-methyl/N-ethyl adjacent to an activating group) is 1. The van der Waals surface area contributed by atoms with Crippen LogP contribution in [0, 0.1) is 0 Å². The van der Waals surface area contributed by atoms with Crippen molar-refractivity contribution in [2.45, 2.75) is 264 Å². The van der Waals surface area contributed by atoms with Crippen LogP contribution < -0.4 is 0 Å². The van der Waals surface area contributed by atoms with Gasteiger partial charge < -0.3 is 18.9 Å². The van der Waals surface area contributed by atoms with Crippen LogP contribution in [0.2, 0.25) is 0 Å². The summed E-state index contributed by atoms with van der Waals surface area (Å²) in [4.78, 5) is 35.7. The second-order valence-electron chi connectivity index (χ2n) is 21.7. The summed E-state index contributed by atoms with van der Waals surface area (Å²) in [6.07, 6.45) is 77.8. The molecule has 76 heavy (non-hydrogen) atoms. The molecule has 2 atom stereocenters. The van der Waals surface area contributed by atoms with Gasteiger partial charge in [-0.1, -0.05) is 246 Å². The Bertz CT molecular complexity index is 1600. The first-order valence-electron chi connectivity index (χ1n) is 31.0. The van der Waals surface area contributed by atoms with Crippen LogP contribution in [-0.2, 0) is 32.7 Å². The standard InChI is InChI=1S/C66H116NO8P/c1-6-8-10-12-14-16-18-20-22-23-24-25-26-27-28-29-30-31-32-33-34-35-36-37-38-39-40-41-42-43-45-47-49-51-53-55-57-59-66(69)75-64(63-74-76(70,71)73-61-60-67(3,4)5)62-72-65(68)58-56-54-52-50-48-46-44-21-19-17-15-13-11-9-7-2/h8,10,14-17,20-22,24-25,27-28,30-31,44,64H,6-7,9,11-13,18-19,23,26,29,32-43,45-63H2,1-5H3/p+1/b10-8-,16-14-,17-15-,22-20-,25-24-,28-27-,31-30-,44-21-. The number of unbranched alkanes of at least 4 members (excludes halogenated alkanes) is 26. The second kappa shape index (κ2) is 56.6. The molecule has 0 rings (SSSR count). The molecule has 0 amide bonds. The van der Waals surface area contributed by atoms with Gasteiger partial charge in [-0.3, -0.25) is 18.6 Å². The lowest BCUT2D eigenvalue weighted by molar-refractivity contribution is -0.870. The van der Waals surface area contributed by atoms with Gasteiger partial charge in [-0.15, -0.1) is 0 Å². The quantitative estimate of drug-likeness (QED) is 0.0211. The highest BCUT2D eigenvalue weighted by molar-refractivity contribution is 7.47. The van der Waals surface area contributed by atoms with E-state index in [1.54, 1.807) is 0 Å². The number of phosphoric acid groups is 1. The predicted octanol–water partition coefficient (Wildman–Crippen LogP) is 19.6. The van der Waals surface area contributed by atoms with Gasteiger partial charge >= 0.3 is 19.8 Å². The minimum atomic E-state index is -4.39. The summed E-state index contributed by atoms with van der Waals surface area (Å²) < 4.78 is 34.5. The van der Waals surface area contributed by atoms with Gasteiger partial charge in [-0.2, -0.15) is 0 Å². The molecule has 9 nitrogen and oxygen atoms in total. The SMILES string of the molecule is CC/C=C\C/C=C\C/C=C\C/C=C\C/C=C\C/C=C\CCCCCCCCCCCCCCCCCCCCC(=O)OC(COC(=O)CCCCCCC/C=C\C/C=C\CCCCC)COP(=O)(O)OCC[N+](C)(C)C. The van der Waals surface area contributed by atoms with Gasteiger partial charge in [-0.05, 0) is 96.3 Å². The molecule has 0 saturated heterocycles. The van der Waals surface area contributed by atoms with Crippen LogP contribution in [0.1, 0.15) is 258 Å². The number of hydrogen-bond donors (Lipinski definition) is 1. The largest absolute Gasteiger partial charge is 0.472 e. The van der Waals surface area contributed by atoms with Gasteiger partial charge in [0.2, 0.25) is 0 Å². The van der Waals surface area contributed by atoms with E-state index in [4.69, 9.17) is 18.5 Å². The van der Waals surface area contributed by atoms with Crippen molar-refractivity contribution in [1.29, 1.82) is 0 Å². The Morgan fingerprint density at radius 3 is 1.12 bits per heavy atom. The third-order valence-electron chi connectivity index (χ3n) is 13.1. The number of carbonyl (C=O) groups is 2. The van der Waals surface area contributed by atoms with Crippen molar-refractivity contribution in [3.63, 3.8) is 0 Å². The number of phosphoric ester groups is 1. The molecule has 0 heterocycles. The molecule has 0 aliphatic rings. The fourth-order valence-corrected chi connectivity index (χ4v) is 9.09. The maximum atomic E-state index is 12.8. The Balaban J connectivity index is 4.01. The third kappa shape index (κ3) is 60.2. The van der Waals surface area contributed by atoms with Gasteiger partial charge in [0.15, 0.2) is 6.10 Å². The molecule has 10 heteroatoms. The summed E-state index contributed by atoms with van der Waals surface area (Å²) in [7, 11) is 1.47. The first-order chi connectivity index (χ1) is 37.0. The zero-order valence-electron chi connectivity index (χ0n) is 49.7. The zero-order valence-corrected chi connectivity index (χ0v) is 50.6. The first-order valence-corrected chi connectivity index (χ1v) is 32.5. The number of esters is 2. The molecule has 0 radical (unpaired) electrons. The van der Waals surface area contributed by atoms with E-state index < -0.39 is 26.5 Å². The van der Waals surface area contributed by atoms with E-state index in [0.29, 0.717) is 17.4 Å². The molecule has 0 aromatic rings. The van der Waals surface area contributed by atoms with Gasteiger partial charge in [0.25, 0.3) is 0 Å². The smallest absolute Gasteiger partial charge is 0.462 e. The topological polar surface area (TPSA) is 108 Å². The Labute approximate surface area is 468 Å². The van der Waals surface area contributed by atoms with Crippen LogP contribution in [0.4, 0.5) is 0 Å². The number of carbonyl (C=O) groups excluding carboxylic acids is 2. The summed E-state index contributed by atoms with van der Waals surface area (Å²) in [5.41, 5.74) is 0. The van der Waals surface area contributed by atoms with E-state index in [1.165, 1.54) is 128 Å². The predicted molar refractivity (Wildman–Crippen MR) is 325 cm³/mol. The van der Waals surface area contributed by atoms with Crippen molar-refractivity contribution in [2.75, 3.05) is 47.5 Å². The summed E-state index contributed by atoms with van der Waals surface area (Å²) in [6, 6.07) is 0. The molecule has 2 unspecified atom stereocenters. The Morgan fingerprint density at radius 1 is 0.421 bits per heavy atom. The second-order valence-corrected chi connectivity index (χ2v) is 23.2. The Kier molecular flexibility index (Phi) is 54.4. The van der Waals surface area contributed by atoms with Gasteiger partial charge in [-0.25, -0.2) is 4.57 Å². The van der Waals surface area contributed by atoms with Crippen molar-refractivity contribution in [3.05, 3.63) is 97.2 Å². The molecular weight excluding hydrogens is 966 g/mol. The minimum Gasteiger partial charge on any atom is -0.462 e. The van der Waals surface area contributed by atoms with Crippen LogP contribution in [0.15, 0.2) is 97.2 Å². The van der Waals surface area contributed by atoms with Gasteiger partial charge in [0.05, 0.1) is 27.7 Å². The maximum absolute atomic E-state index is 12.8. The third-order valence-corrected chi connectivity index (χ3v) is 14.1. The molecule has 438 valence electrons. The van der Waals surface area contributed by atoms with E-state index in [1.807, 2.05) is 21.1 Å². The van der Waals surface area contributed by atoms with Crippen molar-refractivity contribution in [2.24, 2.45) is 0 Å². The summed E-state index contributed by atoms with van der Waals surface area (Å²) in [6.45, 7) is 4.28. The highest BCUT2D eigenvalue weighted by Gasteiger charge is 2.27. The van der Waals surface area contributed by atoms with Crippen molar-refractivity contribution in [3.8, 4) is 0 Å². The normalized spacial score (nSPS) is 13.9. The molecule has 0 spiro atoms. The average molecular weight is 1080 g/mol. The first kappa shape index (κ1) is 72.9. The van der Waals surface area contributed by atoms with Crippen LogP contribution >= 0.6 is 7.82 Å². The molecule has 0 aliphatic heterocycles. The van der Waals surface area contributed by atoms with Crippen LogP contribution in [0.3, 0.4) is 0 Å². The molecular formula is C66H117NO8P+. The maximum Gasteiger partial charge on any atom is 0.472 e. The summed E-state index contributed by atoms with van der Waals surface area (Å²) in [5, 5.41) is 0. The monoisotopic (exact) mass is 1080 g/mol. The number of quaternary nitrogens is 1. The van der Waals surface area contributed by atoms with E-state index in [9.17, 15) is 19.0 Å². The lowest BCUT2D eigenvalue weighted by Crippen LogP contribution is -2.37. The number of rotatable bonds is 56.